The Bertz CT molecular complexity index is 469. The lowest BCUT2D eigenvalue weighted by atomic mass is 9.86. The van der Waals surface area contributed by atoms with Gasteiger partial charge in [-0.3, -0.25) is 10.3 Å². The van der Waals surface area contributed by atoms with Crippen LogP contribution in [0.4, 0.5) is 0 Å². The minimum absolute atomic E-state index is 0.0955. The first-order valence-electron chi connectivity index (χ1n) is 6.67. The SMILES string of the molecule is CCOC(=O)C=C(NOC)c1ccc(C(C)(C)C)cc1. The van der Waals surface area contributed by atoms with Crippen LogP contribution in [-0.4, -0.2) is 19.7 Å². The monoisotopic (exact) mass is 277 g/mol. The van der Waals surface area contributed by atoms with Gasteiger partial charge in [-0.2, -0.15) is 0 Å². The fraction of sp³-hybridized carbons (Fsp3) is 0.438. The Morgan fingerprint density at radius 1 is 1.25 bits per heavy atom. The predicted molar refractivity (Wildman–Crippen MR) is 79.9 cm³/mol. The van der Waals surface area contributed by atoms with Crippen LogP contribution in [0.25, 0.3) is 5.70 Å². The van der Waals surface area contributed by atoms with Crippen LogP contribution in [0.2, 0.25) is 0 Å². The molecule has 0 spiro atoms. The average Bonchev–Trinajstić information content (AvgIpc) is 2.38. The van der Waals surface area contributed by atoms with Gasteiger partial charge in [0.05, 0.1) is 19.4 Å². The second kappa shape index (κ2) is 7.10. The van der Waals surface area contributed by atoms with Crippen LogP contribution in [-0.2, 0) is 19.8 Å². The van der Waals surface area contributed by atoms with Gasteiger partial charge in [0.15, 0.2) is 0 Å². The van der Waals surface area contributed by atoms with E-state index in [1.807, 2.05) is 24.3 Å². The maximum absolute atomic E-state index is 11.5. The average molecular weight is 277 g/mol. The Morgan fingerprint density at radius 2 is 1.85 bits per heavy atom. The summed E-state index contributed by atoms with van der Waals surface area (Å²) in [6, 6.07) is 8.01. The number of carbonyl (C=O) groups excluding carboxylic acids is 1. The largest absolute Gasteiger partial charge is 0.463 e. The molecular formula is C16H23NO3. The summed E-state index contributed by atoms with van der Waals surface area (Å²) in [5.41, 5.74) is 5.48. The molecule has 0 aliphatic carbocycles. The number of hydrogen-bond acceptors (Lipinski definition) is 4. The van der Waals surface area contributed by atoms with E-state index in [2.05, 4.69) is 26.3 Å². The zero-order valence-corrected chi connectivity index (χ0v) is 12.8. The van der Waals surface area contributed by atoms with Gasteiger partial charge >= 0.3 is 5.97 Å². The summed E-state index contributed by atoms with van der Waals surface area (Å²) in [4.78, 5) is 16.4. The first-order chi connectivity index (χ1) is 9.38. The summed E-state index contributed by atoms with van der Waals surface area (Å²) in [7, 11) is 1.50. The molecule has 0 amide bonds. The number of benzene rings is 1. The van der Waals surface area contributed by atoms with Crippen molar-refractivity contribution >= 4 is 11.7 Å². The van der Waals surface area contributed by atoms with Crippen LogP contribution in [0.3, 0.4) is 0 Å². The lowest BCUT2D eigenvalue weighted by Gasteiger charge is -2.19. The van der Waals surface area contributed by atoms with Crippen LogP contribution in [0.1, 0.15) is 38.8 Å². The number of hydroxylamine groups is 1. The molecule has 0 aliphatic heterocycles. The molecule has 4 heteroatoms. The minimum atomic E-state index is -0.396. The summed E-state index contributed by atoms with van der Waals surface area (Å²) in [5.74, 6) is -0.396. The lowest BCUT2D eigenvalue weighted by molar-refractivity contribution is -0.137. The summed E-state index contributed by atoms with van der Waals surface area (Å²) in [6.45, 7) is 8.59. The molecule has 0 bridgehead atoms. The van der Waals surface area contributed by atoms with Crippen molar-refractivity contribution in [3.63, 3.8) is 0 Å². The number of esters is 1. The van der Waals surface area contributed by atoms with Gasteiger partial charge in [-0.15, -0.1) is 0 Å². The third-order valence-electron chi connectivity index (χ3n) is 2.82. The highest BCUT2D eigenvalue weighted by Crippen LogP contribution is 2.23. The normalized spacial score (nSPS) is 12.2. The smallest absolute Gasteiger partial charge is 0.332 e. The van der Waals surface area contributed by atoms with E-state index in [0.717, 1.165) is 5.56 Å². The molecule has 0 saturated heterocycles. The molecule has 0 saturated carbocycles. The van der Waals surface area contributed by atoms with Crippen molar-refractivity contribution < 1.29 is 14.4 Å². The fourth-order valence-corrected chi connectivity index (χ4v) is 1.73. The highest BCUT2D eigenvalue weighted by Gasteiger charge is 2.14. The van der Waals surface area contributed by atoms with Gasteiger partial charge in [0.2, 0.25) is 0 Å². The van der Waals surface area contributed by atoms with Crippen molar-refractivity contribution in [1.82, 2.24) is 5.48 Å². The molecule has 0 radical (unpaired) electrons. The van der Waals surface area contributed by atoms with Gasteiger partial charge in [0.1, 0.15) is 0 Å². The Morgan fingerprint density at radius 3 is 2.30 bits per heavy atom. The van der Waals surface area contributed by atoms with E-state index >= 15 is 0 Å². The highest BCUT2D eigenvalue weighted by molar-refractivity contribution is 5.90. The van der Waals surface area contributed by atoms with Crippen LogP contribution in [0.5, 0.6) is 0 Å². The molecule has 20 heavy (non-hydrogen) atoms. The van der Waals surface area contributed by atoms with E-state index in [1.165, 1.54) is 18.7 Å². The van der Waals surface area contributed by atoms with Crippen molar-refractivity contribution in [2.45, 2.75) is 33.1 Å². The summed E-state index contributed by atoms with van der Waals surface area (Å²) < 4.78 is 4.91. The maximum atomic E-state index is 11.5. The van der Waals surface area contributed by atoms with E-state index in [-0.39, 0.29) is 5.41 Å². The Balaban J connectivity index is 3.01. The van der Waals surface area contributed by atoms with Gasteiger partial charge < -0.3 is 4.74 Å². The third kappa shape index (κ3) is 4.70. The molecule has 0 aromatic heterocycles. The molecule has 1 aromatic rings. The van der Waals surface area contributed by atoms with Crippen molar-refractivity contribution in [3.8, 4) is 0 Å². The van der Waals surface area contributed by atoms with E-state index in [0.29, 0.717) is 12.3 Å². The zero-order chi connectivity index (χ0) is 15.2. The van der Waals surface area contributed by atoms with Gasteiger partial charge in [0, 0.05) is 11.6 Å². The summed E-state index contributed by atoms with van der Waals surface area (Å²) in [5, 5.41) is 0. The standard InChI is InChI=1S/C16H23NO3/c1-6-20-15(18)11-14(17-19-5)12-7-9-13(10-8-12)16(2,3)4/h7-11,17H,6H2,1-5H3. The van der Waals surface area contributed by atoms with Gasteiger partial charge in [-0.1, -0.05) is 45.0 Å². The molecule has 0 unspecified atom stereocenters. The Labute approximate surface area is 120 Å². The molecule has 0 atom stereocenters. The van der Waals surface area contributed by atoms with E-state index < -0.39 is 5.97 Å². The molecule has 1 rings (SSSR count). The van der Waals surface area contributed by atoms with E-state index in [9.17, 15) is 4.79 Å². The summed E-state index contributed by atoms with van der Waals surface area (Å²) >= 11 is 0. The van der Waals surface area contributed by atoms with E-state index in [1.54, 1.807) is 6.92 Å². The lowest BCUT2D eigenvalue weighted by Crippen LogP contribution is -2.14. The van der Waals surface area contributed by atoms with E-state index in [4.69, 9.17) is 9.57 Å². The number of rotatable bonds is 5. The fourth-order valence-electron chi connectivity index (χ4n) is 1.73. The van der Waals surface area contributed by atoms with Crippen molar-refractivity contribution in [3.05, 3.63) is 41.5 Å². The van der Waals surface area contributed by atoms with Crippen molar-refractivity contribution in [2.75, 3.05) is 13.7 Å². The number of hydrogen-bond donors (Lipinski definition) is 1. The maximum Gasteiger partial charge on any atom is 0.332 e. The predicted octanol–water partition coefficient (Wildman–Crippen LogP) is 3.04. The molecule has 0 heterocycles. The van der Waals surface area contributed by atoms with Gasteiger partial charge in [-0.25, -0.2) is 4.79 Å². The van der Waals surface area contributed by atoms with Crippen molar-refractivity contribution in [2.24, 2.45) is 0 Å². The first-order valence-corrected chi connectivity index (χ1v) is 6.67. The quantitative estimate of drug-likeness (QED) is 0.510. The molecule has 1 aromatic carbocycles. The second-order valence-corrected chi connectivity index (χ2v) is 5.44. The summed E-state index contributed by atoms with van der Waals surface area (Å²) in [6.07, 6.45) is 1.39. The first kappa shape index (κ1) is 16.2. The van der Waals surface area contributed by atoms with Crippen LogP contribution >= 0.6 is 0 Å². The van der Waals surface area contributed by atoms with Crippen LogP contribution < -0.4 is 5.48 Å². The number of ether oxygens (including phenoxy) is 1. The topological polar surface area (TPSA) is 47.6 Å². The third-order valence-corrected chi connectivity index (χ3v) is 2.82. The van der Waals surface area contributed by atoms with Gasteiger partial charge in [-0.05, 0) is 17.9 Å². The molecule has 0 aliphatic rings. The molecule has 0 fully saturated rings. The molecule has 4 nitrogen and oxygen atoms in total. The Hall–Kier alpha value is -1.81. The zero-order valence-electron chi connectivity index (χ0n) is 12.8. The highest BCUT2D eigenvalue weighted by atomic mass is 16.6. The van der Waals surface area contributed by atoms with Crippen LogP contribution in [0, 0.1) is 0 Å². The number of nitrogens with one attached hydrogen (secondary N) is 1. The molecule has 110 valence electrons. The van der Waals surface area contributed by atoms with Crippen molar-refractivity contribution in [1.29, 1.82) is 0 Å². The minimum Gasteiger partial charge on any atom is -0.463 e. The molecule has 1 N–H and O–H groups in total. The van der Waals surface area contributed by atoms with Gasteiger partial charge in [0.25, 0.3) is 0 Å². The number of carbonyl (C=O) groups is 1. The Kier molecular flexibility index (Phi) is 5.77. The van der Waals surface area contributed by atoms with Crippen LogP contribution in [0.15, 0.2) is 30.3 Å². The molecular weight excluding hydrogens is 254 g/mol. The second-order valence-electron chi connectivity index (χ2n) is 5.44.